The van der Waals surface area contributed by atoms with Gasteiger partial charge in [0.05, 0.1) is 12.0 Å². The van der Waals surface area contributed by atoms with Crippen LogP contribution in [0.2, 0.25) is 0 Å². The Labute approximate surface area is 156 Å². The normalized spacial score (nSPS) is 14.8. The average Bonchev–Trinajstić information content (AvgIpc) is 3.03. The van der Waals surface area contributed by atoms with E-state index in [1.165, 1.54) is 55.7 Å². The van der Waals surface area contributed by atoms with Crippen LogP contribution in [0.25, 0.3) is 6.08 Å². The lowest BCUT2D eigenvalue weighted by molar-refractivity contribution is -0.384. The van der Waals surface area contributed by atoms with Crippen molar-refractivity contribution in [3.8, 4) is 11.5 Å². The Bertz CT molecular complexity index is 1000. The number of halogens is 2. The lowest BCUT2D eigenvalue weighted by atomic mass is 10.1. The van der Waals surface area contributed by atoms with Gasteiger partial charge in [-0.25, -0.2) is 9.79 Å². The second-order valence-corrected chi connectivity index (χ2v) is 5.43. The maximum Gasteiger partial charge on any atom is 0.387 e. The first-order valence-electron chi connectivity index (χ1n) is 7.77. The lowest BCUT2D eigenvalue weighted by Crippen LogP contribution is -2.05. The summed E-state index contributed by atoms with van der Waals surface area (Å²) >= 11 is 0. The summed E-state index contributed by atoms with van der Waals surface area (Å²) in [6.45, 7) is -3.01. The number of nitro benzene ring substituents is 1. The van der Waals surface area contributed by atoms with Crippen molar-refractivity contribution in [2.24, 2.45) is 4.99 Å². The van der Waals surface area contributed by atoms with E-state index < -0.39 is 17.5 Å². The van der Waals surface area contributed by atoms with E-state index in [0.29, 0.717) is 5.56 Å². The van der Waals surface area contributed by atoms with Crippen LogP contribution in [0, 0.1) is 10.1 Å². The van der Waals surface area contributed by atoms with Gasteiger partial charge in [0.25, 0.3) is 5.69 Å². The van der Waals surface area contributed by atoms with Crippen molar-refractivity contribution in [1.29, 1.82) is 0 Å². The molecule has 0 amide bonds. The first-order valence-corrected chi connectivity index (χ1v) is 7.77. The van der Waals surface area contributed by atoms with Gasteiger partial charge in [0.15, 0.2) is 17.2 Å². The second kappa shape index (κ2) is 7.82. The van der Waals surface area contributed by atoms with Gasteiger partial charge in [-0.2, -0.15) is 8.78 Å². The summed E-state index contributed by atoms with van der Waals surface area (Å²) in [5, 5.41) is 10.9. The minimum atomic E-state index is -3.01. The molecule has 0 aromatic heterocycles. The van der Waals surface area contributed by atoms with E-state index in [4.69, 9.17) is 9.47 Å². The SMILES string of the molecule is COc1cc(C=C2N=C(c3cccc([N+](=O)[O-])c3)OC2=O)ccc1OC(F)F. The summed E-state index contributed by atoms with van der Waals surface area (Å²) in [6.07, 6.45) is 1.36. The molecule has 0 bridgehead atoms. The molecule has 0 N–H and O–H groups in total. The monoisotopic (exact) mass is 390 g/mol. The first kappa shape index (κ1) is 19.0. The fourth-order valence-electron chi connectivity index (χ4n) is 2.41. The molecule has 28 heavy (non-hydrogen) atoms. The van der Waals surface area contributed by atoms with E-state index >= 15 is 0 Å². The number of carbonyl (C=O) groups is 1. The maximum atomic E-state index is 12.4. The molecule has 1 aliphatic heterocycles. The molecule has 3 rings (SSSR count). The minimum Gasteiger partial charge on any atom is -0.493 e. The summed E-state index contributed by atoms with van der Waals surface area (Å²) in [5.41, 5.74) is 0.456. The molecule has 2 aromatic carbocycles. The van der Waals surface area contributed by atoms with Gasteiger partial charge < -0.3 is 14.2 Å². The molecule has 0 saturated carbocycles. The Morgan fingerprint density at radius 1 is 1.21 bits per heavy atom. The van der Waals surface area contributed by atoms with E-state index in [2.05, 4.69) is 9.73 Å². The van der Waals surface area contributed by atoms with Gasteiger partial charge in [-0.15, -0.1) is 0 Å². The Balaban J connectivity index is 1.91. The topological polar surface area (TPSA) is 100 Å². The number of cyclic esters (lactones) is 1. The number of hydrogen-bond acceptors (Lipinski definition) is 7. The van der Waals surface area contributed by atoms with Gasteiger partial charge in [-0.1, -0.05) is 12.1 Å². The summed E-state index contributed by atoms with van der Waals surface area (Å²) in [6, 6.07) is 9.57. The van der Waals surface area contributed by atoms with Crippen LogP contribution >= 0.6 is 0 Å². The number of ether oxygens (including phenoxy) is 3. The smallest absolute Gasteiger partial charge is 0.387 e. The predicted octanol–water partition coefficient (Wildman–Crippen LogP) is 3.55. The molecule has 0 fully saturated rings. The number of benzene rings is 2. The summed E-state index contributed by atoms with van der Waals surface area (Å²) in [5.74, 6) is -0.948. The maximum absolute atomic E-state index is 12.4. The first-order chi connectivity index (χ1) is 13.4. The van der Waals surface area contributed by atoms with Crippen LogP contribution < -0.4 is 9.47 Å². The van der Waals surface area contributed by atoms with Crippen molar-refractivity contribution >= 4 is 23.6 Å². The number of methoxy groups -OCH3 is 1. The molecule has 0 spiro atoms. The fourth-order valence-corrected chi connectivity index (χ4v) is 2.41. The van der Waals surface area contributed by atoms with Gasteiger partial charge in [-0.3, -0.25) is 10.1 Å². The molecule has 0 aliphatic carbocycles. The van der Waals surface area contributed by atoms with Gasteiger partial charge >= 0.3 is 12.6 Å². The lowest BCUT2D eigenvalue weighted by Gasteiger charge is -2.10. The van der Waals surface area contributed by atoms with Crippen molar-refractivity contribution in [1.82, 2.24) is 0 Å². The van der Waals surface area contributed by atoms with E-state index in [1.807, 2.05) is 0 Å². The molecule has 8 nitrogen and oxygen atoms in total. The second-order valence-electron chi connectivity index (χ2n) is 5.43. The Kier molecular flexibility index (Phi) is 5.30. The number of carbonyl (C=O) groups excluding carboxylic acids is 1. The molecule has 1 heterocycles. The van der Waals surface area contributed by atoms with E-state index in [9.17, 15) is 23.7 Å². The molecule has 0 unspecified atom stereocenters. The number of nitrogens with zero attached hydrogens (tertiary/aromatic N) is 2. The minimum absolute atomic E-state index is 0.0453. The Morgan fingerprint density at radius 3 is 2.68 bits per heavy atom. The van der Waals surface area contributed by atoms with Crippen LogP contribution in [0.3, 0.4) is 0 Å². The number of alkyl halides is 2. The molecule has 0 radical (unpaired) electrons. The number of esters is 1. The number of non-ortho nitro benzene ring substituents is 1. The number of hydrogen-bond donors (Lipinski definition) is 0. The van der Waals surface area contributed by atoms with Crippen LogP contribution in [0.15, 0.2) is 53.2 Å². The number of nitro groups is 1. The van der Waals surface area contributed by atoms with E-state index in [1.54, 1.807) is 0 Å². The highest BCUT2D eigenvalue weighted by molar-refractivity contribution is 6.13. The zero-order valence-electron chi connectivity index (χ0n) is 14.3. The van der Waals surface area contributed by atoms with Crippen LogP contribution in [-0.4, -0.2) is 30.5 Å². The quantitative estimate of drug-likeness (QED) is 0.324. The molecule has 1 aliphatic rings. The molecule has 0 atom stereocenters. The number of aliphatic imine (C=N–C) groups is 1. The summed E-state index contributed by atoms with van der Waals surface area (Å²) in [4.78, 5) is 26.4. The summed E-state index contributed by atoms with van der Waals surface area (Å²) in [7, 11) is 1.28. The Morgan fingerprint density at radius 2 is 2.00 bits per heavy atom. The van der Waals surface area contributed by atoms with Crippen LogP contribution in [0.5, 0.6) is 11.5 Å². The highest BCUT2D eigenvalue weighted by Gasteiger charge is 2.25. The third-order valence-electron chi connectivity index (χ3n) is 3.63. The van der Waals surface area contributed by atoms with Gasteiger partial charge in [0.1, 0.15) is 0 Å². The van der Waals surface area contributed by atoms with E-state index in [-0.39, 0.29) is 34.3 Å². The van der Waals surface area contributed by atoms with Crippen LogP contribution in [0.1, 0.15) is 11.1 Å². The van der Waals surface area contributed by atoms with Gasteiger partial charge in [-0.05, 0) is 29.8 Å². The van der Waals surface area contributed by atoms with Crippen molar-refractivity contribution < 1.29 is 32.7 Å². The largest absolute Gasteiger partial charge is 0.493 e. The number of rotatable bonds is 6. The Hall–Kier alpha value is -3.82. The van der Waals surface area contributed by atoms with Crippen LogP contribution in [0.4, 0.5) is 14.5 Å². The van der Waals surface area contributed by atoms with Gasteiger partial charge in [0.2, 0.25) is 5.90 Å². The highest BCUT2D eigenvalue weighted by Crippen LogP contribution is 2.31. The summed E-state index contributed by atoms with van der Waals surface area (Å²) < 4.78 is 39.2. The van der Waals surface area contributed by atoms with Crippen LogP contribution in [-0.2, 0) is 9.53 Å². The van der Waals surface area contributed by atoms with Crippen molar-refractivity contribution in [2.45, 2.75) is 6.61 Å². The molecule has 144 valence electrons. The fraction of sp³-hybridized carbons (Fsp3) is 0.111. The van der Waals surface area contributed by atoms with Crippen molar-refractivity contribution in [3.63, 3.8) is 0 Å². The molecular weight excluding hydrogens is 378 g/mol. The standard InChI is InChI=1S/C18H12F2N2O6/c1-26-15-8-10(5-6-14(15)27-18(19)20)7-13-17(23)28-16(21-13)11-3-2-4-12(9-11)22(24)25/h2-9,18H,1H3. The molecular formula is C18H12F2N2O6. The predicted molar refractivity (Wildman–Crippen MR) is 93.3 cm³/mol. The highest BCUT2D eigenvalue weighted by atomic mass is 19.3. The average molecular weight is 390 g/mol. The zero-order chi connectivity index (χ0) is 20.3. The van der Waals surface area contributed by atoms with Crippen molar-refractivity contribution in [3.05, 3.63) is 69.4 Å². The van der Waals surface area contributed by atoms with Crippen molar-refractivity contribution in [2.75, 3.05) is 7.11 Å². The molecule has 2 aromatic rings. The van der Waals surface area contributed by atoms with E-state index in [0.717, 1.165) is 0 Å². The molecule has 0 saturated heterocycles. The third kappa shape index (κ3) is 4.11. The molecule has 10 heteroatoms. The zero-order valence-corrected chi connectivity index (χ0v) is 14.3. The van der Waals surface area contributed by atoms with Gasteiger partial charge in [0, 0.05) is 17.7 Å². The third-order valence-corrected chi connectivity index (χ3v) is 3.63.